The zero-order valence-electron chi connectivity index (χ0n) is 10.1. The SMILES string of the molecule is NS(=O)(=O)c1ccc(CCNC2CCOC2)cc1. The number of sulfonamides is 1. The average molecular weight is 270 g/mol. The molecule has 0 spiro atoms. The molecule has 1 saturated heterocycles. The largest absolute Gasteiger partial charge is 0.380 e. The van der Waals surface area contributed by atoms with Crippen LogP contribution in [0.4, 0.5) is 0 Å². The van der Waals surface area contributed by atoms with E-state index in [1.54, 1.807) is 24.3 Å². The summed E-state index contributed by atoms with van der Waals surface area (Å²) in [6.07, 6.45) is 1.92. The number of benzene rings is 1. The molecule has 2 rings (SSSR count). The molecule has 0 aromatic heterocycles. The molecule has 1 heterocycles. The molecule has 1 aliphatic heterocycles. The van der Waals surface area contributed by atoms with Gasteiger partial charge in [0, 0.05) is 12.6 Å². The van der Waals surface area contributed by atoms with Gasteiger partial charge in [-0.3, -0.25) is 0 Å². The summed E-state index contributed by atoms with van der Waals surface area (Å²) in [5.74, 6) is 0. The molecule has 1 fully saturated rings. The summed E-state index contributed by atoms with van der Waals surface area (Å²) >= 11 is 0. The summed E-state index contributed by atoms with van der Waals surface area (Å²) in [5, 5.41) is 8.44. The van der Waals surface area contributed by atoms with Crippen molar-refractivity contribution in [1.82, 2.24) is 5.32 Å². The molecule has 6 heteroatoms. The van der Waals surface area contributed by atoms with Crippen LogP contribution in [-0.4, -0.2) is 34.2 Å². The Bertz CT molecular complexity index is 479. The first-order valence-electron chi connectivity index (χ1n) is 5.98. The number of ether oxygens (including phenoxy) is 1. The lowest BCUT2D eigenvalue weighted by Gasteiger charge is -2.10. The second-order valence-corrected chi connectivity index (χ2v) is 6.02. The van der Waals surface area contributed by atoms with Gasteiger partial charge in [0.05, 0.1) is 11.5 Å². The van der Waals surface area contributed by atoms with Crippen molar-refractivity contribution >= 4 is 10.0 Å². The maximum atomic E-state index is 11.1. The van der Waals surface area contributed by atoms with Crippen LogP contribution in [0.1, 0.15) is 12.0 Å². The van der Waals surface area contributed by atoms with Gasteiger partial charge in [-0.2, -0.15) is 0 Å². The number of rotatable bonds is 5. The van der Waals surface area contributed by atoms with E-state index in [1.165, 1.54) is 0 Å². The zero-order valence-corrected chi connectivity index (χ0v) is 10.9. The molecule has 0 saturated carbocycles. The summed E-state index contributed by atoms with van der Waals surface area (Å²) in [7, 11) is -3.59. The van der Waals surface area contributed by atoms with E-state index in [4.69, 9.17) is 9.88 Å². The van der Waals surface area contributed by atoms with E-state index in [-0.39, 0.29) is 4.90 Å². The van der Waals surface area contributed by atoms with Crippen LogP contribution < -0.4 is 10.5 Å². The highest BCUT2D eigenvalue weighted by molar-refractivity contribution is 7.89. The normalized spacial score (nSPS) is 20.2. The van der Waals surface area contributed by atoms with Gasteiger partial charge in [-0.1, -0.05) is 12.1 Å². The van der Waals surface area contributed by atoms with Gasteiger partial charge in [0.25, 0.3) is 0 Å². The topological polar surface area (TPSA) is 81.4 Å². The van der Waals surface area contributed by atoms with Crippen molar-refractivity contribution in [3.05, 3.63) is 29.8 Å². The summed E-state index contributed by atoms with van der Waals surface area (Å²) < 4.78 is 27.4. The van der Waals surface area contributed by atoms with Crippen molar-refractivity contribution in [2.24, 2.45) is 5.14 Å². The van der Waals surface area contributed by atoms with E-state index in [0.717, 1.165) is 38.2 Å². The Morgan fingerprint density at radius 3 is 2.61 bits per heavy atom. The van der Waals surface area contributed by atoms with Crippen LogP contribution in [0.5, 0.6) is 0 Å². The minimum Gasteiger partial charge on any atom is -0.380 e. The second-order valence-electron chi connectivity index (χ2n) is 4.45. The fourth-order valence-corrected chi connectivity index (χ4v) is 2.48. The van der Waals surface area contributed by atoms with Crippen LogP contribution in [0.2, 0.25) is 0 Å². The van der Waals surface area contributed by atoms with Crippen molar-refractivity contribution < 1.29 is 13.2 Å². The van der Waals surface area contributed by atoms with Crippen molar-refractivity contribution in [3.63, 3.8) is 0 Å². The Kier molecular flexibility index (Phi) is 4.34. The van der Waals surface area contributed by atoms with Gasteiger partial charge in [0.1, 0.15) is 0 Å². The number of nitrogens with one attached hydrogen (secondary N) is 1. The molecule has 0 aliphatic carbocycles. The first-order chi connectivity index (χ1) is 8.55. The summed E-state index contributed by atoms with van der Waals surface area (Å²) in [6, 6.07) is 7.14. The highest BCUT2D eigenvalue weighted by atomic mass is 32.2. The fraction of sp³-hybridized carbons (Fsp3) is 0.500. The molecule has 3 N–H and O–H groups in total. The van der Waals surface area contributed by atoms with E-state index in [9.17, 15) is 8.42 Å². The molecule has 1 atom stereocenters. The Balaban J connectivity index is 1.83. The molecule has 0 amide bonds. The molecule has 18 heavy (non-hydrogen) atoms. The molecule has 0 radical (unpaired) electrons. The van der Waals surface area contributed by atoms with Crippen molar-refractivity contribution in [2.75, 3.05) is 19.8 Å². The van der Waals surface area contributed by atoms with E-state index in [1.807, 2.05) is 0 Å². The maximum absolute atomic E-state index is 11.1. The lowest BCUT2D eigenvalue weighted by Crippen LogP contribution is -2.30. The number of hydrogen-bond donors (Lipinski definition) is 2. The number of hydrogen-bond acceptors (Lipinski definition) is 4. The van der Waals surface area contributed by atoms with Gasteiger partial charge in [0.15, 0.2) is 0 Å². The summed E-state index contributed by atoms with van der Waals surface area (Å²) in [4.78, 5) is 0.156. The van der Waals surface area contributed by atoms with Crippen molar-refractivity contribution in [3.8, 4) is 0 Å². The predicted octanol–water partition coefficient (Wildman–Crippen LogP) is 0.255. The number of nitrogens with two attached hydrogens (primary N) is 1. The van der Waals surface area contributed by atoms with Gasteiger partial charge in [-0.25, -0.2) is 13.6 Å². The third kappa shape index (κ3) is 3.78. The van der Waals surface area contributed by atoms with Gasteiger partial charge in [0.2, 0.25) is 10.0 Å². The average Bonchev–Trinajstić information content (AvgIpc) is 2.82. The maximum Gasteiger partial charge on any atom is 0.238 e. The fourth-order valence-electron chi connectivity index (χ4n) is 1.96. The Morgan fingerprint density at radius 1 is 1.33 bits per heavy atom. The first-order valence-corrected chi connectivity index (χ1v) is 7.53. The van der Waals surface area contributed by atoms with Crippen molar-refractivity contribution in [2.45, 2.75) is 23.8 Å². The summed E-state index contributed by atoms with van der Waals surface area (Å²) in [5.41, 5.74) is 1.09. The number of primary sulfonamides is 1. The molecule has 0 bridgehead atoms. The second kappa shape index (κ2) is 5.79. The van der Waals surface area contributed by atoms with Gasteiger partial charge < -0.3 is 10.1 Å². The smallest absolute Gasteiger partial charge is 0.238 e. The molecule has 100 valence electrons. The molecule has 1 aliphatic rings. The van der Waals surface area contributed by atoms with E-state index >= 15 is 0 Å². The minimum absolute atomic E-state index is 0.156. The molecule has 5 nitrogen and oxygen atoms in total. The zero-order chi connectivity index (χ0) is 13.0. The van der Waals surface area contributed by atoms with Crippen molar-refractivity contribution in [1.29, 1.82) is 0 Å². The van der Waals surface area contributed by atoms with E-state index in [0.29, 0.717) is 6.04 Å². The lowest BCUT2D eigenvalue weighted by molar-refractivity contribution is 0.190. The minimum atomic E-state index is -3.59. The quantitative estimate of drug-likeness (QED) is 0.804. The highest BCUT2D eigenvalue weighted by Gasteiger charge is 2.14. The highest BCUT2D eigenvalue weighted by Crippen LogP contribution is 2.09. The van der Waals surface area contributed by atoms with Crippen LogP contribution in [0.3, 0.4) is 0 Å². The monoisotopic (exact) mass is 270 g/mol. The van der Waals surface area contributed by atoms with Gasteiger partial charge in [-0.05, 0) is 37.1 Å². The van der Waals surface area contributed by atoms with Gasteiger partial charge >= 0.3 is 0 Å². The van der Waals surface area contributed by atoms with Crippen LogP contribution in [0.25, 0.3) is 0 Å². The molecular formula is C12H18N2O3S. The lowest BCUT2D eigenvalue weighted by atomic mass is 10.1. The Hall–Kier alpha value is -0.950. The Labute approximate surface area is 107 Å². The predicted molar refractivity (Wildman–Crippen MR) is 68.7 cm³/mol. The third-order valence-corrected chi connectivity index (χ3v) is 3.96. The van der Waals surface area contributed by atoms with Crippen LogP contribution >= 0.6 is 0 Å². The van der Waals surface area contributed by atoms with Gasteiger partial charge in [-0.15, -0.1) is 0 Å². The molecule has 1 aromatic rings. The molecule has 1 aromatic carbocycles. The molecule has 1 unspecified atom stereocenters. The van der Waals surface area contributed by atoms with Crippen LogP contribution in [0, 0.1) is 0 Å². The third-order valence-electron chi connectivity index (χ3n) is 3.03. The molecular weight excluding hydrogens is 252 g/mol. The summed E-state index contributed by atoms with van der Waals surface area (Å²) in [6.45, 7) is 2.48. The van der Waals surface area contributed by atoms with Crippen LogP contribution in [0.15, 0.2) is 29.2 Å². The first kappa shape index (κ1) is 13.5. The van der Waals surface area contributed by atoms with E-state index in [2.05, 4.69) is 5.32 Å². The van der Waals surface area contributed by atoms with E-state index < -0.39 is 10.0 Å². The standard InChI is InChI=1S/C12H18N2O3S/c13-18(15,16)12-3-1-10(2-4-12)5-7-14-11-6-8-17-9-11/h1-4,11,14H,5-9H2,(H2,13,15,16). The Morgan fingerprint density at radius 2 is 2.06 bits per heavy atom. The van der Waals surface area contributed by atoms with Crippen LogP contribution in [-0.2, 0) is 21.2 Å².